The molecule has 0 unspecified atom stereocenters. The van der Waals surface area contributed by atoms with Gasteiger partial charge in [0.2, 0.25) is 11.8 Å². The summed E-state index contributed by atoms with van der Waals surface area (Å²) in [5.41, 5.74) is 0. The van der Waals surface area contributed by atoms with E-state index in [1.807, 2.05) is 6.92 Å². The minimum Gasteiger partial charge on any atom is -0.423 e. The summed E-state index contributed by atoms with van der Waals surface area (Å²) < 4.78 is 20.3. The number of hydrogen-bond donors (Lipinski definition) is 0. The molecule has 0 bridgehead atoms. The van der Waals surface area contributed by atoms with E-state index in [9.17, 15) is 4.21 Å². The Balaban J connectivity index is 2.71. The van der Waals surface area contributed by atoms with E-state index in [2.05, 4.69) is 14.6 Å². The molecule has 1 aromatic heterocycles. The molecule has 1 heterocycles. The zero-order valence-electron chi connectivity index (χ0n) is 7.98. The van der Waals surface area contributed by atoms with Crippen LogP contribution in [-0.2, 0) is 22.7 Å². The van der Waals surface area contributed by atoms with Crippen LogP contribution in [0.1, 0.15) is 18.7 Å². The molecule has 0 aromatic carbocycles. The Kier molecular flexibility index (Phi) is 3.02. The van der Waals surface area contributed by atoms with E-state index in [1.54, 1.807) is 12.5 Å². The van der Waals surface area contributed by atoms with Gasteiger partial charge in [-0.3, -0.25) is 4.21 Å². The summed E-state index contributed by atoms with van der Waals surface area (Å²) in [7, 11) is -2.07. The van der Waals surface area contributed by atoms with Crippen molar-refractivity contribution in [2.75, 3.05) is 12.5 Å². The van der Waals surface area contributed by atoms with Gasteiger partial charge in [0, 0.05) is 28.7 Å². The van der Waals surface area contributed by atoms with Crippen LogP contribution in [0.15, 0.2) is 8.78 Å². The van der Waals surface area contributed by atoms with E-state index in [0.717, 1.165) is 0 Å². The molecule has 0 aliphatic heterocycles. The quantitative estimate of drug-likeness (QED) is 0.730. The zero-order chi connectivity index (χ0) is 9.90. The lowest BCUT2D eigenvalue weighted by Crippen LogP contribution is -1.92. The molecule has 0 N–H and O–H groups in total. The van der Waals surface area contributed by atoms with E-state index in [-0.39, 0.29) is 6.54 Å². The Hall–Kier alpha value is -0.910. The molecule has 0 spiro atoms. The maximum atomic E-state index is 11.2. The van der Waals surface area contributed by atoms with Gasteiger partial charge < -0.3 is 4.42 Å². The van der Waals surface area contributed by atoms with Gasteiger partial charge >= 0.3 is 0 Å². The van der Waals surface area contributed by atoms with Gasteiger partial charge in [0.05, 0.1) is 0 Å². The van der Waals surface area contributed by atoms with E-state index in [1.165, 1.54) is 0 Å². The fraction of sp³-hybridized carbons (Fsp3) is 0.714. The second-order valence-electron chi connectivity index (χ2n) is 2.91. The summed E-state index contributed by atoms with van der Waals surface area (Å²) >= 11 is 0. The normalized spacial score (nSPS) is 11.6. The SMILES string of the molecule is CCc1nnc(CN=S(C)(C)=O)o1. The van der Waals surface area contributed by atoms with Gasteiger partial charge in [-0.2, -0.15) is 0 Å². The van der Waals surface area contributed by atoms with Crippen LogP contribution < -0.4 is 0 Å². The molecule has 0 saturated carbocycles. The molecule has 6 heteroatoms. The Morgan fingerprint density at radius 2 is 2.00 bits per heavy atom. The highest BCUT2D eigenvalue weighted by Gasteiger charge is 2.02. The Morgan fingerprint density at radius 1 is 1.38 bits per heavy atom. The molecule has 0 fully saturated rings. The van der Waals surface area contributed by atoms with Gasteiger partial charge in [-0.25, -0.2) is 4.36 Å². The highest BCUT2D eigenvalue weighted by Crippen LogP contribution is 2.02. The van der Waals surface area contributed by atoms with Crippen LogP contribution in [0, 0.1) is 0 Å². The number of nitrogens with zero attached hydrogens (tertiary/aromatic N) is 3. The molecule has 13 heavy (non-hydrogen) atoms. The standard InChI is InChI=1S/C7H13N3O2S/c1-4-6-9-10-7(12-6)5-8-13(2,3)11/h4-5H2,1-3H3. The predicted molar refractivity (Wildman–Crippen MR) is 49.8 cm³/mol. The summed E-state index contributed by atoms with van der Waals surface area (Å²) in [6.07, 6.45) is 3.86. The molecule has 0 amide bonds. The van der Waals surface area contributed by atoms with Crippen molar-refractivity contribution in [3.05, 3.63) is 11.8 Å². The molecule has 5 nitrogen and oxygen atoms in total. The number of aromatic nitrogens is 2. The third-order valence-corrected chi connectivity index (χ3v) is 2.07. The number of rotatable bonds is 3. The van der Waals surface area contributed by atoms with Crippen molar-refractivity contribution in [2.24, 2.45) is 4.36 Å². The molecular weight excluding hydrogens is 190 g/mol. The largest absolute Gasteiger partial charge is 0.423 e. The molecule has 1 aromatic rings. The van der Waals surface area contributed by atoms with Crippen molar-refractivity contribution >= 4 is 9.73 Å². The van der Waals surface area contributed by atoms with E-state index >= 15 is 0 Å². The number of aryl methyl sites for hydroxylation is 1. The summed E-state index contributed by atoms with van der Waals surface area (Å²) in [5, 5.41) is 7.52. The lowest BCUT2D eigenvalue weighted by Gasteiger charge is -1.91. The number of hydrogen-bond acceptors (Lipinski definition) is 5. The molecule has 0 aliphatic carbocycles. The smallest absolute Gasteiger partial charge is 0.238 e. The first-order valence-electron chi connectivity index (χ1n) is 3.95. The Bertz CT molecular complexity index is 382. The minimum absolute atomic E-state index is 0.235. The van der Waals surface area contributed by atoms with Gasteiger partial charge in [0.15, 0.2) is 0 Å². The molecule has 0 atom stereocenters. The van der Waals surface area contributed by atoms with Crippen molar-refractivity contribution in [1.29, 1.82) is 0 Å². The summed E-state index contributed by atoms with van der Waals surface area (Å²) in [6, 6.07) is 0. The van der Waals surface area contributed by atoms with E-state index < -0.39 is 9.73 Å². The van der Waals surface area contributed by atoms with Crippen molar-refractivity contribution in [3.8, 4) is 0 Å². The molecule has 0 aliphatic rings. The van der Waals surface area contributed by atoms with Crippen molar-refractivity contribution in [2.45, 2.75) is 19.9 Å². The monoisotopic (exact) mass is 203 g/mol. The van der Waals surface area contributed by atoms with Crippen molar-refractivity contribution in [1.82, 2.24) is 10.2 Å². The molecule has 1 rings (SSSR count). The second-order valence-corrected chi connectivity index (χ2v) is 5.53. The third kappa shape index (κ3) is 3.54. The van der Waals surface area contributed by atoms with Crippen LogP contribution in [0.4, 0.5) is 0 Å². The van der Waals surface area contributed by atoms with Crippen molar-refractivity contribution in [3.63, 3.8) is 0 Å². The average Bonchev–Trinajstić information content (AvgIpc) is 2.47. The average molecular weight is 203 g/mol. The fourth-order valence-electron chi connectivity index (χ4n) is 0.706. The van der Waals surface area contributed by atoms with Crippen LogP contribution in [0.5, 0.6) is 0 Å². The summed E-state index contributed by atoms with van der Waals surface area (Å²) in [4.78, 5) is 0. The molecular formula is C7H13N3O2S. The highest BCUT2D eigenvalue weighted by atomic mass is 32.2. The molecule has 0 saturated heterocycles. The lowest BCUT2D eigenvalue weighted by molar-refractivity contribution is 0.456. The summed E-state index contributed by atoms with van der Waals surface area (Å²) in [6.45, 7) is 2.16. The third-order valence-electron chi connectivity index (χ3n) is 1.32. The van der Waals surface area contributed by atoms with Gasteiger partial charge in [-0.1, -0.05) is 6.92 Å². The minimum atomic E-state index is -2.07. The van der Waals surface area contributed by atoms with Crippen LogP contribution in [0.3, 0.4) is 0 Å². The second kappa shape index (κ2) is 3.87. The van der Waals surface area contributed by atoms with E-state index in [4.69, 9.17) is 4.42 Å². The molecule has 0 radical (unpaired) electrons. The highest BCUT2D eigenvalue weighted by molar-refractivity contribution is 7.92. The first-order chi connectivity index (χ1) is 6.01. The van der Waals surface area contributed by atoms with Gasteiger partial charge in [0.1, 0.15) is 6.54 Å². The predicted octanol–water partition coefficient (Wildman–Crippen LogP) is 0.860. The summed E-state index contributed by atoms with van der Waals surface area (Å²) in [5.74, 6) is 1.01. The Morgan fingerprint density at radius 3 is 2.46 bits per heavy atom. The lowest BCUT2D eigenvalue weighted by atomic mass is 10.5. The van der Waals surface area contributed by atoms with Gasteiger partial charge in [-0.15, -0.1) is 10.2 Å². The molecule has 74 valence electrons. The topological polar surface area (TPSA) is 68.3 Å². The first kappa shape index (κ1) is 10.2. The first-order valence-corrected chi connectivity index (χ1v) is 6.28. The maximum Gasteiger partial charge on any atom is 0.238 e. The van der Waals surface area contributed by atoms with E-state index in [0.29, 0.717) is 18.2 Å². The van der Waals surface area contributed by atoms with Crippen LogP contribution >= 0.6 is 0 Å². The van der Waals surface area contributed by atoms with Gasteiger partial charge in [-0.05, 0) is 0 Å². The van der Waals surface area contributed by atoms with Gasteiger partial charge in [0.25, 0.3) is 0 Å². The van der Waals surface area contributed by atoms with Crippen molar-refractivity contribution < 1.29 is 8.63 Å². The zero-order valence-corrected chi connectivity index (χ0v) is 8.80. The van der Waals surface area contributed by atoms with Crippen LogP contribution in [-0.4, -0.2) is 26.9 Å². The van der Waals surface area contributed by atoms with Crippen LogP contribution in [0.25, 0.3) is 0 Å². The Labute approximate surface area is 77.7 Å². The maximum absolute atomic E-state index is 11.2. The fourth-order valence-corrected chi connectivity index (χ4v) is 1.13. The van der Waals surface area contributed by atoms with Crippen LogP contribution in [0.2, 0.25) is 0 Å².